The Morgan fingerprint density at radius 3 is 2.68 bits per heavy atom. The molecule has 3 atom stereocenters. The molecule has 28 heavy (non-hydrogen) atoms. The third kappa shape index (κ3) is 4.24. The maximum absolute atomic E-state index is 14.5. The van der Waals surface area contributed by atoms with Crippen molar-refractivity contribution in [1.29, 1.82) is 0 Å². The van der Waals surface area contributed by atoms with Crippen molar-refractivity contribution < 1.29 is 13.7 Å². The summed E-state index contributed by atoms with van der Waals surface area (Å²) in [5, 5.41) is 4.31. The molecular formula is C22H28ClFN2O2. The summed E-state index contributed by atoms with van der Waals surface area (Å²) in [6.07, 6.45) is 3.34. The van der Waals surface area contributed by atoms with Gasteiger partial charge in [0, 0.05) is 22.2 Å². The largest absolute Gasteiger partial charge is 0.361 e. The Morgan fingerprint density at radius 2 is 2.04 bits per heavy atom. The van der Waals surface area contributed by atoms with E-state index in [1.165, 1.54) is 6.07 Å². The maximum Gasteiger partial charge on any atom is 0.227 e. The number of hydrogen-bond donors (Lipinski definition) is 0. The number of rotatable bonds is 5. The second kappa shape index (κ2) is 8.64. The van der Waals surface area contributed by atoms with Gasteiger partial charge in [-0.25, -0.2) is 4.39 Å². The fourth-order valence-electron chi connectivity index (χ4n) is 4.24. The molecule has 0 aliphatic heterocycles. The zero-order valence-electron chi connectivity index (χ0n) is 17.0. The lowest BCUT2D eigenvalue weighted by Gasteiger charge is -2.42. The fraction of sp³-hybridized carbons (Fsp3) is 0.545. The highest BCUT2D eigenvalue weighted by Crippen LogP contribution is 2.35. The Bertz CT molecular complexity index is 811. The van der Waals surface area contributed by atoms with Crippen LogP contribution in [0.5, 0.6) is 0 Å². The van der Waals surface area contributed by atoms with Crippen LogP contribution in [0.2, 0.25) is 5.02 Å². The maximum atomic E-state index is 14.5. The molecule has 0 unspecified atom stereocenters. The van der Waals surface area contributed by atoms with Gasteiger partial charge in [-0.15, -0.1) is 0 Å². The van der Waals surface area contributed by atoms with E-state index in [0.29, 0.717) is 28.2 Å². The van der Waals surface area contributed by atoms with Crippen LogP contribution in [0.15, 0.2) is 22.7 Å². The molecule has 1 aliphatic rings. The lowest BCUT2D eigenvalue weighted by molar-refractivity contribution is -0.136. The lowest BCUT2D eigenvalue weighted by atomic mass is 9.77. The van der Waals surface area contributed by atoms with Gasteiger partial charge in [-0.2, -0.15) is 0 Å². The summed E-state index contributed by atoms with van der Waals surface area (Å²) in [6.45, 7) is 8.24. The van der Waals surface area contributed by atoms with Gasteiger partial charge < -0.3 is 9.42 Å². The van der Waals surface area contributed by atoms with E-state index in [-0.39, 0.29) is 30.7 Å². The topological polar surface area (TPSA) is 46.3 Å². The molecule has 1 fully saturated rings. The van der Waals surface area contributed by atoms with Crippen LogP contribution in [0.3, 0.4) is 0 Å². The minimum absolute atomic E-state index is 0.0420. The number of benzene rings is 1. The van der Waals surface area contributed by atoms with Crippen molar-refractivity contribution in [3.63, 3.8) is 0 Å². The van der Waals surface area contributed by atoms with E-state index in [2.05, 4.69) is 19.0 Å². The molecule has 1 aromatic carbocycles. The number of halogens is 2. The predicted octanol–water partition coefficient (Wildman–Crippen LogP) is 5.48. The van der Waals surface area contributed by atoms with Gasteiger partial charge in [-0.05, 0) is 44.2 Å². The predicted molar refractivity (Wildman–Crippen MR) is 108 cm³/mol. The Morgan fingerprint density at radius 1 is 1.29 bits per heavy atom. The summed E-state index contributed by atoms with van der Waals surface area (Å²) in [7, 11) is 0. The quantitative estimate of drug-likeness (QED) is 0.660. The Hall–Kier alpha value is -1.88. The van der Waals surface area contributed by atoms with E-state index < -0.39 is 0 Å². The average molecular weight is 407 g/mol. The normalized spacial score (nSPS) is 22.3. The minimum atomic E-state index is -0.376. The lowest BCUT2D eigenvalue weighted by Crippen LogP contribution is -2.47. The smallest absolute Gasteiger partial charge is 0.227 e. The van der Waals surface area contributed by atoms with Crippen LogP contribution in [-0.4, -0.2) is 22.0 Å². The van der Waals surface area contributed by atoms with E-state index in [4.69, 9.17) is 16.1 Å². The molecule has 1 amide bonds. The number of amides is 1. The Labute approximate surface area is 171 Å². The Kier molecular flexibility index (Phi) is 6.43. The van der Waals surface area contributed by atoms with E-state index in [0.717, 1.165) is 30.5 Å². The van der Waals surface area contributed by atoms with Gasteiger partial charge in [-0.3, -0.25) is 4.79 Å². The van der Waals surface area contributed by atoms with Gasteiger partial charge in [-0.1, -0.05) is 49.5 Å². The molecular weight excluding hydrogens is 379 g/mol. The van der Waals surface area contributed by atoms with Crippen LogP contribution < -0.4 is 0 Å². The van der Waals surface area contributed by atoms with E-state index in [9.17, 15) is 9.18 Å². The first-order valence-corrected chi connectivity index (χ1v) is 10.3. The highest BCUT2D eigenvalue weighted by Gasteiger charge is 2.35. The monoisotopic (exact) mass is 406 g/mol. The molecule has 0 radical (unpaired) electrons. The summed E-state index contributed by atoms with van der Waals surface area (Å²) < 4.78 is 19.7. The van der Waals surface area contributed by atoms with Crippen LogP contribution in [0, 0.1) is 31.5 Å². The first-order chi connectivity index (χ1) is 13.3. The number of hydrogen-bond acceptors (Lipinski definition) is 3. The second-order valence-electron chi connectivity index (χ2n) is 8.04. The van der Waals surface area contributed by atoms with Gasteiger partial charge in [0.25, 0.3) is 0 Å². The fourth-order valence-corrected chi connectivity index (χ4v) is 4.47. The average Bonchev–Trinajstić information content (AvgIpc) is 2.96. The molecule has 3 rings (SSSR count). The number of nitrogens with zero attached hydrogens (tertiary/aromatic N) is 2. The second-order valence-corrected chi connectivity index (χ2v) is 8.44. The molecule has 1 aromatic heterocycles. The Balaban J connectivity index is 1.93. The van der Waals surface area contributed by atoms with Crippen LogP contribution >= 0.6 is 11.6 Å². The van der Waals surface area contributed by atoms with Crippen LogP contribution in [-0.2, 0) is 17.8 Å². The SMILES string of the molecule is Cc1noc(C)c1CC(=O)N(Cc1c(F)cccc1Cl)[C@@H]1CCC[C@H](C)[C@H]1C. The molecule has 0 bridgehead atoms. The number of aryl methyl sites for hydroxylation is 2. The van der Waals surface area contributed by atoms with E-state index in [1.807, 2.05) is 18.7 Å². The summed E-state index contributed by atoms with van der Waals surface area (Å²) in [5.41, 5.74) is 1.91. The van der Waals surface area contributed by atoms with Gasteiger partial charge in [0.05, 0.1) is 18.7 Å². The molecule has 4 nitrogen and oxygen atoms in total. The van der Waals surface area contributed by atoms with Crippen molar-refractivity contribution in [3.8, 4) is 0 Å². The summed E-state index contributed by atoms with van der Waals surface area (Å²) in [4.78, 5) is 15.2. The van der Waals surface area contributed by atoms with Crippen molar-refractivity contribution in [2.24, 2.45) is 11.8 Å². The van der Waals surface area contributed by atoms with Crippen molar-refractivity contribution >= 4 is 17.5 Å². The summed E-state index contributed by atoms with van der Waals surface area (Å²) in [5.74, 6) is 1.09. The number of aromatic nitrogens is 1. The molecule has 0 spiro atoms. The summed E-state index contributed by atoms with van der Waals surface area (Å²) >= 11 is 6.27. The highest BCUT2D eigenvalue weighted by molar-refractivity contribution is 6.31. The molecule has 1 aliphatic carbocycles. The van der Waals surface area contributed by atoms with Crippen molar-refractivity contribution in [3.05, 3.63) is 51.6 Å². The molecule has 2 aromatic rings. The standard InChI is InChI=1S/C22H28ClFN2O2/c1-13-7-5-10-21(14(13)2)26(12-18-19(23)8-6-9-20(18)24)22(27)11-17-15(3)25-28-16(17)4/h6,8-9,13-14,21H,5,7,10-12H2,1-4H3/t13-,14+,21+/m0/s1. The van der Waals surface area contributed by atoms with Gasteiger partial charge in [0.15, 0.2) is 0 Å². The summed E-state index contributed by atoms with van der Waals surface area (Å²) in [6, 6.07) is 4.71. The molecule has 6 heteroatoms. The zero-order chi connectivity index (χ0) is 20.4. The minimum Gasteiger partial charge on any atom is -0.361 e. The van der Waals surface area contributed by atoms with Crippen LogP contribution in [0.4, 0.5) is 4.39 Å². The molecule has 0 N–H and O–H groups in total. The van der Waals surface area contributed by atoms with E-state index in [1.54, 1.807) is 12.1 Å². The van der Waals surface area contributed by atoms with Gasteiger partial charge in [0.2, 0.25) is 5.91 Å². The zero-order valence-corrected chi connectivity index (χ0v) is 17.7. The molecule has 1 saturated carbocycles. The van der Waals surface area contributed by atoms with Gasteiger partial charge >= 0.3 is 0 Å². The first kappa shape index (κ1) is 20.8. The molecule has 0 saturated heterocycles. The number of carbonyl (C=O) groups is 1. The van der Waals surface area contributed by atoms with Crippen molar-refractivity contribution in [2.75, 3.05) is 0 Å². The third-order valence-corrected chi connectivity index (χ3v) is 6.64. The molecule has 1 heterocycles. The molecule has 152 valence electrons. The number of carbonyl (C=O) groups excluding carboxylic acids is 1. The first-order valence-electron chi connectivity index (χ1n) is 9.93. The third-order valence-electron chi connectivity index (χ3n) is 6.28. The van der Waals surface area contributed by atoms with Crippen molar-refractivity contribution in [2.45, 2.75) is 66.0 Å². The highest BCUT2D eigenvalue weighted by atomic mass is 35.5. The van der Waals surface area contributed by atoms with E-state index >= 15 is 0 Å². The van der Waals surface area contributed by atoms with Gasteiger partial charge in [0.1, 0.15) is 11.6 Å². The van der Waals surface area contributed by atoms with Crippen LogP contribution in [0.25, 0.3) is 0 Å². The van der Waals surface area contributed by atoms with Crippen molar-refractivity contribution in [1.82, 2.24) is 10.1 Å². The van der Waals surface area contributed by atoms with Crippen LogP contribution in [0.1, 0.15) is 55.7 Å².